The van der Waals surface area contributed by atoms with E-state index < -0.39 is 0 Å². The Labute approximate surface area is 136 Å². The Bertz CT molecular complexity index is 706. The number of ether oxygens (including phenoxy) is 1. The molecule has 0 aliphatic carbocycles. The van der Waals surface area contributed by atoms with Gasteiger partial charge in [0, 0.05) is 36.2 Å². The molecular formula is C20H22FNO. The molecular weight excluding hydrogens is 289 g/mol. The second-order valence-electron chi connectivity index (χ2n) is 5.93. The third kappa shape index (κ3) is 3.30. The van der Waals surface area contributed by atoms with Gasteiger partial charge in [0.15, 0.2) is 0 Å². The molecule has 120 valence electrons. The van der Waals surface area contributed by atoms with E-state index in [-0.39, 0.29) is 5.82 Å². The summed E-state index contributed by atoms with van der Waals surface area (Å²) >= 11 is 0. The minimum absolute atomic E-state index is 0.214. The van der Waals surface area contributed by atoms with Gasteiger partial charge in [-0.15, -0.1) is 0 Å². The van der Waals surface area contributed by atoms with Crippen molar-refractivity contribution in [3.05, 3.63) is 71.8 Å². The molecule has 3 heteroatoms. The van der Waals surface area contributed by atoms with E-state index in [1.54, 1.807) is 6.08 Å². The van der Waals surface area contributed by atoms with Crippen LogP contribution in [0.25, 0.3) is 11.8 Å². The Kier molecular flexibility index (Phi) is 4.77. The highest BCUT2D eigenvalue weighted by molar-refractivity contribution is 5.58. The quantitative estimate of drug-likeness (QED) is 0.723. The van der Waals surface area contributed by atoms with Crippen molar-refractivity contribution in [2.75, 3.05) is 13.2 Å². The van der Waals surface area contributed by atoms with Gasteiger partial charge in [0.05, 0.1) is 0 Å². The molecule has 23 heavy (non-hydrogen) atoms. The largest absolute Gasteiger partial charge is 0.381 e. The minimum Gasteiger partial charge on any atom is -0.381 e. The number of aryl methyl sites for hydroxylation is 1. The highest BCUT2D eigenvalue weighted by Crippen LogP contribution is 2.33. The van der Waals surface area contributed by atoms with Crippen molar-refractivity contribution >= 4 is 6.08 Å². The molecule has 2 aromatic rings. The zero-order chi connectivity index (χ0) is 16.2. The molecule has 3 rings (SSSR count). The van der Waals surface area contributed by atoms with Gasteiger partial charge in [-0.25, -0.2) is 4.39 Å². The highest BCUT2D eigenvalue weighted by Gasteiger charge is 2.22. The second-order valence-corrected chi connectivity index (χ2v) is 5.93. The molecule has 0 N–H and O–H groups in total. The van der Waals surface area contributed by atoms with E-state index >= 15 is 0 Å². The Morgan fingerprint density at radius 2 is 1.91 bits per heavy atom. The van der Waals surface area contributed by atoms with Crippen LogP contribution in [0, 0.1) is 12.7 Å². The third-order valence-corrected chi connectivity index (χ3v) is 4.38. The van der Waals surface area contributed by atoms with Gasteiger partial charge < -0.3 is 9.30 Å². The van der Waals surface area contributed by atoms with Crippen LogP contribution in [0.4, 0.5) is 4.39 Å². The predicted octanol–water partition coefficient (Wildman–Crippen LogP) is 5.02. The molecule has 0 amide bonds. The van der Waals surface area contributed by atoms with Crippen LogP contribution in [0.5, 0.6) is 0 Å². The first kappa shape index (κ1) is 15.8. The lowest BCUT2D eigenvalue weighted by molar-refractivity contribution is 0.0842. The molecule has 2 heterocycles. The van der Waals surface area contributed by atoms with Gasteiger partial charge in [-0.2, -0.15) is 0 Å². The predicted molar refractivity (Wildman–Crippen MR) is 92.5 cm³/mol. The molecule has 0 atom stereocenters. The molecule has 0 bridgehead atoms. The molecule has 1 fully saturated rings. The first-order chi connectivity index (χ1) is 11.2. The van der Waals surface area contributed by atoms with Gasteiger partial charge in [-0.3, -0.25) is 0 Å². The van der Waals surface area contributed by atoms with E-state index in [0.717, 1.165) is 37.4 Å². The summed E-state index contributed by atoms with van der Waals surface area (Å²) in [5, 5.41) is 0. The number of halogens is 1. The van der Waals surface area contributed by atoms with Crippen molar-refractivity contribution in [3.63, 3.8) is 0 Å². The van der Waals surface area contributed by atoms with E-state index in [9.17, 15) is 4.39 Å². The first-order valence-electron chi connectivity index (χ1n) is 8.05. The maximum absolute atomic E-state index is 13.3. The smallest absolute Gasteiger partial charge is 0.123 e. The van der Waals surface area contributed by atoms with E-state index in [1.807, 2.05) is 18.2 Å². The summed E-state index contributed by atoms with van der Waals surface area (Å²) in [4.78, 5) is 0. The number of hydrogen-bond acceptors (Lipinski definition) is 1. The van der Waals surface area contributed by atoms with E-state index in [4.69, 9.17) is 4.74 Å². The maximum Gasteiger partial charge on any atom is 0.123 e. The van der Waals surface area contributed by atoms with Crippen LogP contribution in [0.3, 0.4) is 0 Å². The summed E-state index contributed by atoms with van der Waals surface area (Å²) in [7, 11) is 0. The third-order valence-electron chi connectivity index (χ3n) is 4.38. The highest BCUT2D eigenvalue weighted by atomic mass is 19.1. The van der Waals surface area contributed by atoms with E-state index in [2.05, 4.69) is 30.2 Å². The van der Waals surface area contributed by atoms with Crippen LogP contribution < -0.4 is 0 Å². The lowest BCUT2D eigenvalue weighted by Crippen LogP contribution is -2.17. The van der Waals surface area contributed by atoms with Crippen molar-refractivity contribution in [1.29, 1.82) is 0 Å². The van der Waals surface area contributed by atoms with Gasteiger partial charge in [-0.1, -0.05) is 18.7 Å². The zero-order valence-electron chi connectivity index (χ0n) is 13.5. The standard InChI is InChI=1S/C20H22FNO/c1-3-4-5-19-15(2)14-20(16-10-12-23-13-11-16)22(19)18-8-6-17(21)7-9-18/h3-9,14,16H,1,10-13H2,2H3/b5-4-. The summed E-state index contributed by atoms with van der Waals surface area (Å²) in [5.41, 5.74) is 4.61. The Balaban J connectivity index is 2.13. The normalized spacial score (nSPS) is 16.1. The summed E-state index contributed by atoms with van der Waals surface area (Å²) in [5.74, 6) is 0.256. The number of allylic oxidation sites excluding steroid dienone is 2. The number of rotatable bonds is 4. The summed E-state index contributed by atoms with van der Waals surface area (Å²) in [6, 6.07) is 8.95. The summed E-state index contributed by atoms with van der Waals surface area (Å²) in [6.45, 7) is 7.47. The molecule has 1 aromatic carbocycles. The second kappa shape index (κ2) is 6.97. The fourth-order valence-electron chi connectivity index (χ4n) is 3.21. The van der Waals surface area contributed by atoms with E-state index in [0.29, 0.717) is 5.92 Å². The van der Waals surface area contributed by atoms with Crippen molar-refractivity contribution in [1.82, 2.24) is 4.57 Å². The topological polar surface area (TPSA) is 14.2 Å². The number of aromatic nitrogens is 1. The fraction of sp³-hybridized carbons (Fsp3) is 0.300. The Morgan fingerprint density at radius 1 is 1.22 bits per heavy atom. The maximum atomic E-state index is 13.3. The number of hydrogen-bond donors (Lipinski definition) is 0. The van der Waals surface area contributed by atoms with Crippen molar-refractivity contribution in [3.8, 4) is 5.69 Å². The summed E-state index contributed by atoms with van der Waals surface area (Å²) in [6.07, 6.45) is 7.82. The van der Waals surface area contributed by atoms with Crippen LogP contribution in [-0.4, -0.2) is 17.8 Å². The molecule has 1 aromatic heterocycles. The van der Waals surface area contributed by atoms with Gasteiger partial charge in [0.1, 0.15) is 5.82 Å². The monoisotopic (exact) mass is 311 g/mol. The first-order valence-corrected chi connectivity index (χ1v) is 8.05. The SMILES string of the molecule is C=C/C=C\c1c(C)cc(C2CCOCC2)n1-c1ccc(F)cc1. The Hall–Kier alpha value is -2.13. The lowest BCUT2D eigenvalue weighted by atomic mass is 9.96. The molecule has 1 aliphatic heterocycles. The molecule has 2 nitrogen and oxygen atoms in total. The fourth-order valence-corrected chi connectivity index (χ4v) is 3.21. The molecule has 0 radical (unpaired) electrons. The van der Waals surface area contributed by atoms with Crippen LogP contribution in [0.15, 0.2) is 49.1 Å². The van der Waals surface area contributed by atoms with Crippen LogP contribution >= 0.6 is 0 Å². The van der Waals surface area contributed by atoms with Gasteiger partial charge >= 0.3 is 0 Å². The molecule has 0 spiro atoms. The lowest BCUT2D eigenvalue weighted by Gasteiger charge is -2.24. The molecule has 0 saturated carbocycles. The minimum atomic E-state index is -0.214. The van der Waals surface area contributed by atoms with Crippen molar-refractivity contribution < 1.29 is 9.13 Å². The van der Waals surface area contributed by atoms with Crippen LogP contribution in [-0.2, 0) is 4.74 Å². The van der Waals surface area contributed by atoms with Gasteiger partial charge in [0.2, 0.25) is 0 Å². The molecule has 1 aliphatic rings. The van der Waals surface area contributed by atoms with Gasteiger partial charge in [0.25, 0.3) is 0 Å². The van der Waals surface area contributed by atoms with Crippen molar-refractivity contribution in [2.45, 2.75) is 25.7 Å². The molecule has 0 unspecified atom stereocenters. The molecule has 1 saturated heterocycles. The summed E-state index contributed by atoms with van der Waals surface area (Å²) < 4.78 is 21.1. The zero-order valence-corrected chi connectivity index (χ0v) is 13.5. The number of nitrogens with zero attached hydrogens (tertiary/aromatic N) is 1. The Morgan fingerprint density at radius 3 is 2.57 bits per heavy atom. The van der Waals surface area contributed by atoms with Gasteiger partial charge in [-0.05, 0) is 61.7 Å². The van der Waals surface area contributed by atoms with Crippen LogP contribution in [0.1, 0.15) is 35.7 Å². The van der Waals surface area contributed by atoms with Crippen LogP contribution in [0.2, 0.25) is 0 Å². The number of benzene rings is 1. The van der Waals surface area contributed by atoms with Crippen molar-refractivity contribution in [2.24, 2.45) is 0 Å². The average Bonchev–Trinajstić information content (AvgIpc) is 2.91. The average molecular weight is 311 g/mol. The van der Waals surface area contributed by atoms with E-state index in [1.165, 1.54) is 23.4 Å².